The van der Waals surface area contributed by atoms with E-state index < -0.39 is 6.03 Å². The van der Waals surface area contributed by atoms with Gasteiger partial charge in [-0.05, 0) is 44.0 Å². The summed E-state index contributed by atoms with van der Waals surface area (Å²) in [6.07, 6.45) is 4.41. The Bertz CT molecular complexity index is 1400. The van der Waals surface area contributed by atoms with Crippen molar-refractivity contribution in [2.45, 2.75) is 25.8 Å². The van der Waals surface area contributed by atoms with Gasteiger partial charge in [-0.3, -0.25) is 19.3 Å². The number of aromatic nitrogens is 1. The number of carbonyl (C=O) groups is 4. The van der Waals surface area contributed by atoms with Crippen LogP contribution in [0.4, 0.5) is 21.9 Å². The van der Waals surface area contributed by atoms with Crippen molar-refractivity contribution < 1.29 is 19.2 Å². The highest BCUT2D eigenvalue weighted by Gasteiger charge is 2.34. The number of piperidine rings is 1. The number of urea groups is 1. The molecule has 10 heteroatoms. The van der Waals surface area contributed by atoms with Gasteiger partial charge in [-0.25, -0.2) is 9.78 Å². The number of rotatable bonds is 5. The van der Waals surface area contributed by atoms with Gasteiger partial charge >= 0.3 is 6.03 Å². The van der Waals surface area contributed by atoms with Gasteiger partial charge in [0.25, 0.3) is 5.91 Å². The molecule has 9 nitrogen and oxygen atoms in total. The topological polar surface area (TPSA) is 112 Å². The molecule has 2 aliphatic rings. The van der Waals surface area contributed by atoms with E-state index >= 15 is 0 Å². The Hall–Kier alpha value is -4.05. The van der Waals surface area contributed by atoms with Crippen LogP contribution in [0.2, 0.25) is 0 Å². The number of thiophene rings is 1. The van der Waals surface area contributed by atoms with E-state index in [-0.39, 0.29) is 23.6 Å². The third-order valence-electron chi connectivity index (χ3n) is 6.21. The van der Waals surface area contributed by atoms with Gasteiger partial charge in [-0.15, -0.1) is 11.3 Å². The summed E-state index contributed by atoms with van der Waals surface area (Å²) in [5, 5.41) is 6.54. The zero-order valence-electron chi connectivity index (χ0n) is 19.0. The molecule has 4 heterocycles. The van der Waals surface area contributed by atoms with Crippen LogP contribution < -0.4 is 15.5 Å². The summed E-state index contributed by atoms with van der Waals surface area (Å²) in [6, 6.07) is 7.93. The Morgan fingerprint density at radius 3 is 2.89 bits per heavy atom. The molecule has 1 aromatic carbocycles. The smallest absolute Gasteiger partial charge is 0.331 e. The lowest BCUT2D eigenvalue weighted by Gasteiger charge is -2.32. The van der Waals surface area contributed by atoms with Crippen LogP contribution >= 0.6 is 11.3 Å². The summed E-state index contributed by atoms with van der Waals surface area (Å²) in [7, 11) is 0. The van der Waals surface area contributed by atoms with Gasteiger partial charge in [0, 0.05) is 30.9 Å². The molecule has 0 unspecified atom stereocenters. The number of carbonyl (C=O) groups excluding carboxylic acids is 4. The van der Waals surface area contributed by atoms with Crippen LogP contribution in [0.3, 0.4) is 0 Å². The maximum atomic E-state index is 13.3. The minimum absolute atomic E-state index is 0.101. The predicted octanol–water partition coefficient (Wildman–Crippen LogP) is 4.09. The van der Waals surface area contributed by atoms with Crippen molar-refractivity contribution in [2.24, 2.45) is 0 Å². The first kappa shape index (κ1) is 22.7. The van der Waals surface area contributed by atoms with Crippen LogP contribution in [0.15, 0.2) is 49.2 Å². The van der Waals surface area contributed by atoms with E-state index in [0.717, 1.165) is 12.8 Å². The van der Waals surface area contributed by atoms with Crippen LogP contribution in [0.1, 0.15) is 39.8 Å². The molecule has 0 radical (unpaired) electrons. The van der Waals surface area contributed by atoms with Crippen molar-refractivity contribution in [3.8, 4) is 0 Å². The Balaban J connectivity index is 1.48. The molecule has 0 spiro atoms. The zero-order valence-corrected chi connectivity index (χ0v) is 19.9. The van der Waals surface area contributed by atoms with Gasteiger partial charge in [0.15, 0.2) is 5.78 Å². The summed E-state index contributed by atoms with van der Waals surface area (Å²) in [4.78, 5) is 58.9. The third kappa shape index (κ3) is 4.06. The standard InChI is InChI=1S/C25H23N5O4S/c1-3-19(32)29-11-5-7-16(13-29)27-23(33)22-21-20-18(9-10-26-24(20)35-22)30(25(34)28-21)17-8-4-6-15(12-17)14(2)31/h3-4,6,8-10,12,16H,1,5,7,11,13H2,2H3,(H,27,33)(H,28,34)/t16-/m1/s1. The summed E-state index contributed by atoms with van der Waals surface area (Å²) in [5.74, 6) is -0.578. The number of benzene rings is 1. The van der Waals surface area contributed by atoms with E-state index in [0.29, 0.717) is 50.8 Å². The van der Waals surface area contributed by atoms with E-state index in [4.69, 9.17) is 0 Å². The predicted molar refractivity (Wildman–Crippen MR) is 134 cm³/mol. The summed E-state index contributed by atoms with van der Waals surface area (Å²) >= 11 is 1.20. The van der Waals surface area contributed by atoms with E-state index in [2.05, 4.69) is 22.2 Å². The first-order chi connectivity index (χ1) is 16.9. The number of anilines is 3. The fraction of sp³-hybridized carbons (Fsp3) is 0.240. The van der Waals surface area contributed by atoms with Gasteiger partial charge in [-0.2, -0.15) is 0 Å². The van der Waals surface area contributed by atoms with Crippen LogP contribution in [-0.4, -0.2) is 52.6 Å². The van der Waals surface area contributed by atoms with Gasteiger partial charge in [0.05, 0.1) is 22.4 Å². The Labute approximate surface area is 205 Å². The largest absolute Gasteiger partial charge is 0.347 e. The zero-order chi connectivity index (χ0) is 24.7. The van der Waals surface area contributed by atoms with Crippen LogP contribution in [0, 0.1) is 0 Å². The molecular weight excluding hydrogens is 466 g/mol. The van der Waals surface area contributed by atoms with Gasteiger partial charge in [0.1, 0.15) is 9.71 Å². The average Bonchev–Trinajstić information content (AvgIpc) is 3.23. The highest BCUT2D eigenvalue weighted by molar-refractivity contribution is 7.21. The van der Waals surface area contributed by atoms with Crippen LogP contribution in [0.25, 0.3) is 10.2 Å². The second-order valence-electron chi connectivity index (χ2n) is 8.49. The summed E-state index contributed by atoms with van der Waals surface area (Å²) < 4.78 is 0. The highest BCUT2D eigenvalue weighted by Crippen LogP contribution is 2.45. The second-order valence-corrected chi connectivity index (χ2v) is 9.49. The minimum atomic E-state index is -0.432. The molecule has 178 valence electrons. The number of likely N-dealkylation sites (tertiary alicyclic amines) is 1. The van der Waals surface area contributed by atoms with Crippen LogP contribution in [-0.2, 0) is 4.79 Å². The number of hydrogen-bond donors (Lipinski definition) is 2. The number of hydrogen-bond acceptors (Lipinski definition) is 6. The molecule has 1 fully saturated rings. The molecule has 0 saturated carbocycles. The molecule has 1 saturated heterocycles. The SMILES string of the molecule is C=CC(=O)N1CCC[C@@H](NC(=O)c2sc3nccc4c3c2NC(=O)N4c2cccc(C(C)=O)c2)C1. The maximum absolute atomic E-state index is 13.3. The van der Waals surface area contributed by atoms with Crippen LogP contribution in [0.5, 0.6) is 0 Å². The molecule has 4 amide bonds. The van der Waals surface area contributed by atoms with E-state index in [1.165, 1.54) is 29.2 Å². The molecule has 35 heavy (non-hydrogen) atoms. The lowest BCUT2D eigenvalue weighted by atomic mass is 10.1. The Morgan fingerprint density at radius 1 is 1.29 bits per heavy atom. The first-order valence-corrected chi connectivity index (χ1v) is 12.0. The van der Waals surface area contributed by atoms with Crippen molar-refractivity contribution in [3.63, 3.8) is 0 Å². The molecule has 2 N–H and O–H groups in total. The molecule has 5 rings (SSSR count). The number of pyridine rings is 1. The maximum Gasteiger partial charge on any atom is 0.331 e. The average molecular weight is 490 g/mol. The number of ketones is 1. The number of nitrogens with one attached hydrogen (secondary N) is 2. The number of amides is 4. The lowest BCUT2D eigenvalue weighted by molar-refractivity contribution is -0.127. The molecular formula is C25H23N5O4S. The molecule has 2 aromatic heterocycles. The van der Waals surface area contributed by atoms with Crippen molar-refractivity contribution >= 4 is 62.2 Å². The quantitative estimate of drug-likeness (QED) is 0.414. The minimum Gasteiger partial charge on any atom is -0.347 e. The Kier molecular flexibility index (Phi) is 5.81. The molecule has 1 atom stereocenters. The van der Waals surface area contributed by atoms with Crippen molar-refractivity contribution in [1.82, 2.24) is 15.2 Å². The van der Waals surface area contributed by atoms with E-state index in [1.54, 1.807) is 41.4 Å². The lowest BCUT2D eigenvalue weighted by Crippen LogP contribution is -2.49. The fourth-order valence-electron chi connectivity index (χ4n) is 4.54. The van der Waals surface area contributed by atoms with Gasteiger partial charge in [0.2, 0.25) is 5.91 Å². The number of nitrogens with zero attached hydrogens (tertiary/aromatic N) is 3. The summed E-state index contributed by atoms with van der Waals surface area (Å²) in [5.41, 5.74) is 2.04. The first-order valence-electron chi connectivity index (χ1n) is 11.2. The molecule has 0 bridgehead atoms. The van der Waals surface area contributed by atoms with Gasteiger partial charge < -0.3 is 15.5 Å². The monoisotopic (exact) mass is 489 g/mol. The van der Waals surface area contributed by atoms with Gasteiger partial charge in [-0.1, -0.05) is 18.7 Å². The highest BCUT2D eigenvalue weighted by atomic mass is 32.1. The molecule has 0 aliphatic carbocycles. The summed E-state index contributed by atoms with van der Waals surface area (Å²) in [6.45, 7) is 6.05. The van der Waals surface area contributed by atoms with Crippen molar-refractivity contribution in [1.29, 1.82) is 0 Å². The fourth-order valence-corrected chi connectivity index (χ4v) is 5.56. The van der Waals surface area contributed by atoms with E-state index in [1.807, 2.05) is 0 Å². The number of Topliss-reactive ketones (excluding diaryl/α,β-unsaturated/α-hetero) is 1. The van der Waals surface area contributed by atoms with Crippen molar-refractivity contribution in [2.75, 3.05) is 23.3 Å². The molecule has 3 aromatic rings. The van der Waals surface area contributed by atoms with Crippen molar-refractivity contribution in [3.05, 3.63) is 59.6 Å². The Morgan fingerprint density at radius 2 is 2.11 bits per heavy atom. The molecule has 2 aliphatic heterocycles. The normalized spacial score (nSPS) is 17.2. The third-order valence-corrected chi connectivity index (χ3v) is 7.30. The van der Waals surface area contributed by atoms with E-state index in [9.17, 15) is 19.2 Å². The second kappa shape index (κ2) is 8.95.